The van der Waals surface area contributed by atoms with Gasteiger partial charge >= 0.3 is 0 Å². The Morgan fingerprint density at radius 3 is 2.38 bits per heavy atom. The van der Waals surface area contributed by atoms with Gasteiger partial charge < -0.3 is 10.2 Å². The van der Waals surface area contributed by atoms with Gasteiger partial charge in [-0.1, -0.05) is 18.2 Å². The van der Waals surface area contributed by atoms with E-state index in [4.69, 9.17) is 0 Å². The molecule has 1 aliphatic rings. The lowest BCUT2D eigenvalue weighted by atomic mass is 10.1. The zero-order valence-electron chi connectivity index (χ0n) is 15.2. The Morgan fingerprint density at radius 2 is 1.73 bits per heavy atom. The van der Waals surface area contributed by atoms with Crippen LogP contribution in [-0.4, -0.2) is 53.8 Å². The molecule has 1 aliphatic heterocycles. The molecule has 0 aliphatic carbocycles. The minimum Gasteiger partial charge on any atom is -0.354 e. The number of piperazine rings is 1. The van der Waals surface area contributed by atoms with Crippen molar-refractivity contribution in [3.05, 3.63) is 54.2 Å². The predicted molar refractivity (Wildman–Crippen MR) is 103 cm³/mol. The second-order valence-electron chi connectivity index (χ2n) is 6.48. The largest absolute Gasteiger partial charge is 0.354 e. The molecule has 26 heavy (non-hydrogen) atoms. The van der Waals surface area contributed by atoms with Gasteiger partial charge in [0.15, 0.2) is 5.78 Å². The lowest BCUT2D eigenvalue weighted by Gasteiger charge is -2.38. The quantitative estimate of drug-likeness (QED) is 0.837. The molecule has 2 heterocycles. The Morgan fingerprint density at radius 1 is 1.04 bits per heavy atom. The molecule has 0 bridgehead atoms. The molecule has 3 rings (SSSR count). The molecule has 0 spiro atoms. The number of anilines is 2. The fourth-order valence-electron chi connectivity index (χ4n) is 3.18. The number of hydrogen-bond donors (Lipinski definition) is 1. The average Bonchev–Trinajstić information content (AvgIpc) is 2.68. The summed E-state index contributed by atoms with van der Waals surface area (Å²) >= 11 is 0. The highest BCUT2D eigenvalue weighted by Gasteiger charge is 2.26. The average molecular weight is 352 g/mol. The van der Waals surface area contributed by atoms with E-state index in [0.29, 0.717) is 11.3 Å². The third-order valence-corrected chi connectivity index (χ3v) is 4.78. The van der Waals surface area contributed by atoms with E-state index in [0.717, 1.165) is 32.0 Å². The molecule has 136 valence electrons. The number of hydrogen-bond acceptors (Lipinski definition) is 5. The minimum atomic E-state index is -0.263. The first-order chi connectivity index (χ1) is 12.6. The third kappa shape index (κ3) is 4.08. The number of carbonyl (C=O) groups excluding carboxylic acids is 2. The molecule has 0 radical (unpaired) electrons. The van der Waals surface area contributed by atoms with Gasteiger partial charge in [-0.3, -0.25) is 14.5 Å². The van der Waals surface area contributed by atoms with Crippen LogP contribution in [0.15, 0.2) is 48.7 Å². The molecule has 6 heteroatoms. The first kappa shape index (κ1) is 18.1. The van der Waals surface area contributed by atoms with E-state index in [9.17, 15) is 9.59 Å². The van der Waals surface area contributed by atoms with E-state index in [1.54, 1.807) is 24.4 Å². The van der Waals surface area contributed by atoms with Crippen molar-refractivity contribution in [1.29, 1.82) is 0 Å². The Hall–Kier alpha value is -2.73. The van der Waals surface area contributed by atoms with Crippen LogP contribution in [0, 0.1) is 0 Å². The van der Waals surface area contributed by atoms with E-state index in [1.165, 1.54) is 6.92 Å². The summed E-state index contributed by atoms with van der Waals surface area (Å²) in [5.41, 5.74) is 1.11. The molecule has 1 amide bonds. The fraction of sp³-hybridized carbons (Fsp3) is 0.350. The monoisotopic (exact) mass is 352 g/mol. The fourth-order valence-corrected chi connectivity index (χ4v) is 3.18. The van der Waals surface area contributed by atoms with Crippen LogP contribution in [0.25, 0.3) is 0 Å². The van der Waals surface area contributed by atoms with Crippen molar-refractivity contribution in [2.24, 2.45) is 0 Å². The van der Waals surface area contributed by atoms with Gasteiger partial charge in [0.1, 0.15) is 5.82 Å². The number of pyridine rings is 1. The molecule has 0 unspecified atom stereocenters. The van der Waals surface area contributed by atoms with Gasteiger partial charge in [0.05, 0.1) is 11.7 Å². The maximum Gasteiger partial charge on any atom is 0.241 e. The van der Waals surface area contributed by atoms with Gasteiger partial charge in [-0.15, -0.1) is 0 Å². The zero-order chi connectivity index (χ0) is 18.5. The third-order valence-electron chi connectivity index (χ3n) is 4.78. The predicted octanol–water partition coefficient (Wildman–Crippen LogP) is 2.43. The molecule has 6 nitrogen and oxygen atoms in total. The molecular formula is C20H24N4O2. The molecule has 1 fully saturated rings. The number of nitrogens with zero attached hydrogens (tertiary/aromatic N) is 3. The van der Waals surface area contributed by atoms with E-state index in [-0.39, 0.29) is 17.7 Å². The molecule has 1 N–H and O–H groups in total. The lowest BCUT2D eigenvalue weighted by molar-refractivity contribution is -0.120. The Labute approximate surface area is 153 Å². The standard InChI is InChI=1S/C20H24N4O2/c1-15(20(26)22-18-8-4-3-7-17(18)16(2)25)23-11-13-24(14-12-23)19-9-5-6-10-21-19/h3-10,15H,11-14H2,1-2H3,(H,22,26)/t15-/m1/s1. The minimum absolute atomic E-state index is 0.0578. The first-order valence-electron chi connectivity index (χ1n) is 8.87. The number of Topliss-reactive ketones (excluding diaryl/α,β-unsaturated/α-hetero) is 1. The van der Waals surface area contributed by atoms with Crippen molar-refractivity contribution in [2.45, 2.75) is 19.9 Å². The van der Waals surface area contributed by atoms with Crippen LogP contribution < -0.4 is 10.2 Å². The van der Waals surface area contributed by atoms with Crippen LogP contribution in [0.3, 0.4) is 0 Å². The number of carbonyl (C=O) groups is 2. The smallest absolute Gasteiger partial charge is 0.241 e. The summed E-state index contributed by atoms with van der Waals surface area (Å²) in [6.07, 6.45) is 1.80. The summed E-state index contributed by atoms with van der Waals surface area (Å²) in [5.74, 6) is 0.821. The van der Waals surface area contributed by atoms with Crippen molar-refractivity contribution >= 4 is 23.2 Å². The Balaban J connectivity index is 1.59. The number of benzene rings is 1. The van der Waals surface area contributed by atoms with E-state index in [1.807, 2.05) is 31.2 Å². The Bertz CT molecular complexity index is 770. The lowest BCUT2D eigenvalue weighted by Crippen LogP contribution is -2.53. The van der Waals surface area contributed by atoms with Crippen LogP contribution in [0.2, 0.25) is 0 Å². The summed E-state index contributed by atoms with van der Waals surface area (Å²) in [5, 5.41) is 2.90. The van der Waals surface area contributed by atoms with Crippen molar-refractivity contribution in [3.8, 4) is 0 Å². The summed E-state index contributed by atoms with van der Waals surface area (Å²) in [6.45, 7) is 6.66. The van der Waals surface area contributed by atoms with E-state index in [2.05, 4.69) is 20.1 Å². The molecular weight excluding hydrogens is 328 g/mol. The van der Waals surface area contributed by atoms with Crippen LogP contribution in [0.4, 0.5) is 11.5 Å². The highest BCUT2D eigenvalue weighted by atomic mass is 16.2. The normalized spacial score (nSPS) is 16.2. The van der Waals surface area contributed by atoms with Crippen LogP contribution >= 0.6 is 0 Å². The van der Waals surface area contributed by atoms with Crippen molar-refractivity contribution in [3.63, 3.8) is 0 Å². The number of amides is 1. The van der Waals surface area contributed by atoms with E-state index >= 15 is 0 Å². The molecule has 1 saturated heterocycles. The van der Waals surface area contributed by atoms with E-state index < -0.39 is 0 Å². The van der Waals surface area contributed by atoms with Crippen LogP contribution in [0.1, 0.15) is 24.2 Å². The van der Waals surface area contributed by atoms with Gasteiger partial charge in [0.25, 0.3) is 0 Å². The highest BCUT2D eigenvalue weighted by Crippen LogP contribution is 2.18. The maximum atomic E-state index is 12.6. The number of nitrogens with one attached hydrogen (secondary N) is 1. The van der Waals surface area contributed by atoms with Gasteiger partial charge in [-0.2, -0.15) is 0 Å². The molecule has 1 aromatic heterocycles. The maximum absolute atomic E-state index is 12.6. The van der Waals surface area contributed by atoms with Gasteiger partial charge in [-0.25, -0.2) is 4.98 Å². The second kappa shape index (κ2) is 8.10. The number of rotatable bonds is 5. The van der Waals surface area contributed by atoms with Gasteiger partial charge in [0, 0.05) is 37.9 Å². The van der Waals surface area contributed by atoms with Crippen LogP contribution in [0.5, 0.6) is 0 Å². The summed E-state index contributed by atoms with van der Waals surface area (Å²) in [4.78, 5) is 33.1. The van der Waals surface area contributed by atoms with Crippen molar-refractivity contribution < 1.29 is 9.59 Å². The Kier molecular flexibility index (Phi) is 5.63. The first-order valence-corrected chi connectivity index (χ1v) is 8.87. The summed E-state index contributed by atoms with van der Waals surface area (Å²) in [7, 11) is 0. The highest BCUT2D eigenvalue weighted by molar-refractivity contribution is 6.04. The topological polar surface area (TPSA) is 65.5 Å². The summed E-state index contributed by atoms with van der Waals surface area (Å²) in [6, 6.07) is 12.7. The molecule has 1 aromatic carbocycles. The number of para-hydroxylation sites is 1. The SMILES string of the molecule is CC(=O)c1ccccc1NC(=O)[C@@H](C)N1CCN(c2ccccn2)CC1. The number of aromatic nitrogens is 1. The zero-order valence-corrected chi connectivity index (χ0v) is 15.2. The molecule has 1 atom stereocenters. The molecule has 2 aromatic rings. The van der Waals surface area contributed by atoms with Crippen molar-refractivity contribution in [2.75, 3.05) is 36.4 Å². The van der Waals surface area contributed by atoms with Crippen molar-refractivity contribution in [1.82, 2.24) is 9.88 Å². The van der Waals surface area contributed by atoms with Crippen LogP contribution in [-0.2, 0) is 4.79 Å². The number of ketones is 1. The van der Waals surface area contributed by atoms with Gasteiger partial charge in [-0.05, 0) is 38.1 Å². The summed E-state index contributed by atoms with van der Waals surface area (Å²) < 4.78 is 0. The second-order valence-corrected chi connectivity index (χ2v) is 6.48. The van der Waals surface area contributed by atoms with Gasteiger partial charge in [0.2, 0.25) is 5.91 Å². The molecule has 0 saturated carbocycles.